The van der Waals surface area contributed by atoms with Crippen molar-refractivity contribution in [1.29, 1.82) is 0 Å². The molecule has 728 valence electrons. The predicted molar refractivity (Wildman–Crippen MR) is 514 cm³/mol. The summed E-state index contributed by atoms with van der Waals surface area (Å²) in [5.74, 6) is -3.84. The van der Waals surface area contributed by atoms with Crippen LogP contribution in [0.2, 0.25) is 25.8 Å². The van der Waals surface area contributed by atoms with Gasteiger partial charge in [-0.15, -0.1) is 0 Å². The number of ether oxygens (including phenoxy) is 3. The van der Waals surface area contributed by atoms with Crippen molar-refractivity contribution in [1.82, 2.24) is 98.4 Å². The molecule has 3 aliphatic rings. The number of carbonyl (C=O) groups excluding carboxylic acids is 8. The first-order chi connectivity index (χ1) is 65.2. The second kappa shape index (κ2) is 45.5. The van der Waals surface area contributed by atoms with Crippen molar-refractivity contribution < 1.29 is 65.7 Å². The minimum absolute atomic E-state index is 0.0171. The van der Waals surface area contributed by atoms with Gasteiger partial charge in [-0.2, -0.15) is 44.5 Å². The molecule has 8 amide bonds. The summed E-state index contributed by atoms with van der Waals surface area (Å²) in [6.45, 7) is 26.5. The van der Waals surface area contributed by atoms with Crippen molar-refractivity contribution in [3.8, 4) is 34.1 Å². The molecule has 0 aromatic carbocycles. The fraction of sp³-hybridized carbons (Fsp3) is 0.366. The van der Waals surface area contributed by atoms with E-state index in [-0.39, 0.29) is 108 Å². The van der Waals surface area contributed by atoms with Crippen LogP contribution >= 0.6 is 58.0 Å². The molecule has 37 nitrogen and oxygen atoms in total. The van der Waals surface area contributed by atoms with Gasteiger partial charge >= 0.3 is 12.2 Å². The van der Waals surface area contributed by atoms with Crippen LogP contribution in [0.15, 0.2) is 172 Å². The van der Waals surface area contributed by atoms with Gasteiger partial charge < -0.3 is 24.0 Å². The molecule has 2 saturated carbocycles. The van der Waals surface area contributed by atoms with E-state index in [9.17, 15) is 51.5 Å². The zero-order valence-electron chi connectivity index (χ0n) is 79.0. The number of halogens is 8. The maximum atomic E-state index is 14.7. The predicted octanol–water partition coefficient (Wildman–Crippen LogP) is 17.6. The Morgan fingerprint density at radius 3 is 1.25 bits per heavy atom. The number of aromatic nitrogens is 20. The summed E-state index contributed by atoms with van der Waals surface area (Å²) >= 11 is 30.8. The van der Waals surface area contributed by atoms with Gasteiger partial charge in [-0.05, 0) is 161 Å². The zero-order valence-corrected chi connectivity index (χ0v) is 82.8. The van der Waals surface area contributed by atoms with Crippen LogP contribution in [-0.4, -0.2) is 198 Å². The molecule has 13 aromatic rings. The molecular weight excluding hydrogens is 1890 g/mol. The quantitative estimate of drug-likeness (QED) is 0.0770. The van der Waals surface area contributed by atoms with Crippen LogP contribution in [0.5, 0.6) is 0 Å². The van der Waals surface area contributed by atoms with Gasteiger partial charge in [-0.3, -0.25) is 73.2 Å². The molecule has 138 heavy (non-hydrogen) atoms. The number of nitrogens with zero attached hydrogens (tertiary/aromatic N) is 26. The molecular formula is C93H104Cl5F3N26O11. The number of carbonyl (C=O) groups is 8. The Kier molecular flexibility index (Phi) is 34.6. The molecule has 14 heterocycles. The molecule has 2 aliphatic carbocycles. The number of anilines is 6. The van der Waals surface area contributed by atoms with E-state index in [2.05, 4.69) is 86.4 Å². The highest BCUT2D eigenvalue weighted by Gasteiger charge is 2.41. The van der Waals surface area contributed by atoms with Crippen LogP contribution in [0.1, 0.15) is 150 Å². The Hall–Kier alpha value is -13.7. The van der Waals surface area contributed by atoms with E-state index in [1.165, 1.54) is 47.7 Å². The molecule has 3 fully saturated rings. The highest BCUT2D eigenvalue weighted by Crippen LogP contribution is 2.40. The number of hydrogen-bond acceptors (Lipinski definition) is 24. The summed E-state index contributed by atoms with van der Waals surface area (Å²) in [5.41, 5.74) is 5.15. The number of imide groups is 2. The minimum atomic E-state index is -0.803. The Morgan fingerprint density at radius 1 is 0.464 bits per heavy atom. The van der Waals surface area contributed by atoms with Crippen LogP contribution in [0.4, 0.5) is 56.9 Å². The van der Waals surface area contributed by atoms with Gasteiger partial charge in [-0.25, -0.2) is 51.9 Å². The second-order valence-electron chi connectivity index (χ2n) is 35.0. The fourth-order valence-corrected chi connectivity index (χ4v) is 14.5. The standard InChI is InChI=1S/C19H23ClN6O.C16H17ClN4O2.C15H17ClN4O2.C15H18F2N4O2.C14H16ClFN4O2.C14H13ClN4O2/c1-6-25(18(27)14-10-16(19(2,3)4)22-24(14)5)15-12-26(23-17(15)20)13-8-7-9-21-11-13;1-10(2)15(22)21(16(23)11-5-6-11)13-9-20(19-14(13)17)12-4-3-7-18-8-12;1-19(15(21)11-4-7-22-8-5-11)13-10-20(18-14(13)16)12-3-2-6-17-9-12;1-9-12(20(5)14(22)23-15(2,3)4)13(17)21(19-9)11-6-10(16)7-18-8-11;1-14(2,3)22-13(21)19(4)10-11(15)18-20(12(10)16)9-6-5-7-17-8-9;1-9(20)19(14(21)10-4-5-10)12-8-18(17-13(12)15)11-3-2-6-16-7-11/h7-12H,6H2,1-5H3;3-4,7-11H,5-6H2,1-2H3;2-3,6,9-11H,4-5,7-8H2,1H3;6-8H,1-5H3;5-8H,1-4H3;2-3,6-8,10H,4-5H2,1H3. The number of aryl methyl sites for hydroxylation is 2. The Labute approximate surface area is 818 Å². The van der Waals surface area contributed by atoms with Gasteiger partial charge in [0.1, 0.15) is 56.8 Å². The summed E-state index contributed by atoms with van der Waals surface area (Å²) in [6.07, 6.45) is 28.5. The Bertz CT molecular complexity index is 6430. The highest BCUT2D eigenvalue weighted by molar-refractivity contribution is 6.35. The molecule has 16 rings (SSSR count). The molecule has 0 bridgehead atoms. The van der Waals surface area contributed by atoms with Crippen LogP contribution in [0.25, 0.3) is 34.1 Å². The summed E-state index contributed by atoms with van der Waals surface area (Å²) in [4.78, 5) is 130. The number of rotatable bonds is 18. The lowest BCUT2D eigenvalue weighted by Gasteiger charge is -2.25. The molecule has 45 heteroatoms. The second-order valence-corrected chi connectivity index (χ2v) is 36.8. The van der Waals surface area contributed by atoms with Gasteiger partial charge in [0.25, 0.3) is 5.91 Å². The molecule has 0 N–H and O–H groups in total. The van der Waals surface area contributed by atoms with Crippen molar-refractivity contribution in [3.63, 3.8) is 0 Å². The lowest BCUT2D eigenvalue weighted by Crippen LogP contribution is -2.40. The highest BCUT2D eigenvalue weighted by atomic mass is 35.5. The van der Waals surface area contributed by atoms with E-state index in [1.807, 2.05) is 43.3 Å². The molecule has 0 spiro atoms. The van der Waals surface area contributed by atoms with E-state index in [1.54, 1.807) is 211 Å². The number of amides is 8. The minimum Gasteiger partial charge on any atom is -0.443 e. The maximum Gasteiger partial charge on any atom is 0.414 e. The Balaban J connectivity index is 0.000000159. The SMILES string of the molecule is CC(=O)N(C(=O)C1CC1)c1cn(-c2cccnc2)nc1Cl.CC(C)C(=O)N(C(=O)C1CC1)c1cn(-c2cccnc2)nc1Cl.CCN(C(=O)c1cc(C(C)(C)C)nn1C)c1cn(-c2cccnc2)nc1Cl.CN(C(=O)C1CCOCC1)c1cn(-c2cccnc2)nc1Cl.CN(C(=O)OC(C)(C)C)c1c(Cl)nn(-c2cccnc2)c1F.Cc1nn(-c2cncc(F)c2)c(F)c1N(C)C(=O)OC(C)(C)C. The Morgan fingerprint density at radius 2 is 0.848 bits per heavy atom. The van der Waals surface area contributed by atoms with Crippen LogP contribution < -0.4 is 29.4 Å². The monoisotopic (exact) mass is 1990 g/mol. The molecule has 1 saturated heterocycles. The fourth-order valence-electron chi connectivity index (χ4n) is 13.3. The lowest BCUT2D eigenvalue weighted by molar-refractivity contribution is -0.129. The van der Waals surface area contributed by atoms with E-state index >= 15 is 0 Å². The smallest absolute Gasteiger partial charge is 0.414 e. The first-order valence-corrected chi connectivity index (χ1v) is 45.3. The van der Waals surface area contributed by atoms with Crippen molar-refractivity contribution in [2.45, 2.75) is 152 Å². The number of hydrogen-bond donors (Lipinski definition) is 0. The third kappa shape index (κ3) is 26.6. The average molecular weight is 2000 g/mol. The summed E-state index contributed by atoms with van der Waals surface area (Å²) < 4.78 is 67.9. The summed E-state index contributed by atoms with van der Waals surface area (Å²) in [6, 6.07) is 20.7. The summed E-state index contributed by atoms with van der Waals surface area (Å²) in [7, 11) is 6.26. The largest absolute Gasteiger partial charge is 0.443 e. The molecule has 0 unspecified atom stereocenters. The maximum absolute atomic E-state index is 14.7. The van der Waals surface area contributed by atoms with E-state index in [0.29, 0.717) is 70.4 Å². The first-order valence-electron chi connectivity index (χ1n) is 43.5. The van der Waals surface area contributed by atoms with Gasteiger partial charge in [-0.1, -0.05) is 92.6 Å². The van der Waals surface area contributed by atoms with Gasteiger partial charge in [0.05, 0.1) is 114 Å². The van der Waals surface area contributed by atoms with Crippen LogP contribution in [0, 0.1) is 48.3 Å². The van der Waals surface area contributed by atoms with Crippen molar-refractivity contribution >= 4 is 140 Å². The van der Waals surface area contributed by atoms with Gasteiger partial charge in [0.2, 0.25) is 41.4 Å². The molecule has 0 radical (unpaired) electrons. The third-order valence-electron chi connectivity index (χ3n) is 20.6. The van der Waals surface area contributed by atoms with Crippen molar-refractivity contribution in [2.24, 2.45) is 30.7 Å². The van der Waals surface area contributed by atoms with E-state index < -0.39 is 41.1 Å². The van der Waals surface area contributed by atoms with Crippen LogP contribution in [0.3, 0.4) is 0 Å². The molecule has 0 atom stereocenters. The van der Waals surface area contributed by atoms with Gasteiger partial charge in [0.15, 0.2) is 25.8 Å². The molecule has 1 aliphatic heterocycles. The van der Waals surface area contributed by atoms with Crippen molar-refractivity contribution in [2.75, 3.05) is 70.3 Å². The lowest BCUT2D eigenvalue weighted by atomic mass is 9.92. The normalized spacial score (nSPS) is 13.0. The topological polar surface area (TPSA) is 386 Å². The first kappa shape index (κ1) is 105. The third-order valence-corrected chi connectivity index (χ3v) is 21.9. The molecule has 13 aromatic heterocycles. The van der Waals surface area contributed by atoms with Crippen LogP contribution in [-0.2, 0) is 50.6 Å². The zero-order chi connectivity index (χ0) is 101. The van der Waals surface area contributed by atoms with E-state index in [4.69, 9.17) is 72.2 Å². The van der Waals surface area contributed by atoms with Gasteiger partial charge in [0, 0.05) is 121 Å². The average Bonchev–Trinajstić information content (AvgIpc) is 1.66. The van der Waals surface area contributed by atoms with E-state index in [0.717, 1.165) is 91.9 Å². The summed E-state index contributed by atoms with van der Waals surface area (Å²) in [5, 5.41) is 30.0. The number of pyridine rings is 6. The van der Waals surface area contributed by atoms with Crippen molar-refractivity contribution in [3.05, 3.63) is 233 Å².